The molecule has 2 aromatic rings. The monoisotopic (exact) mass is 358 g/mol. The predicted molar refractivity (Wildman–Crippen MR) is 102 cm³/mol. The van der Waals surface area contributed by atoms with Gasteiger partial charge < -0.3 is 4.74 Å². The van der Waals surface area contributed by atoms with Gasteiger partial charge in [0.1, 0.15) is 5.75 Å². The lowest BCUT2D eigenvalue weighted by atomic mass is 9.99. The number of benzene rings is 2. The average Bonchev–Trinajstić information content (AvgIpc) is 2.64. The molecule has 25 heavy (non-hydrogen) atoms. The van der Waals surface area contributed by atoms with E-state index in [4.69, 9.17) is 16.3 Å². The van der Waals surface area contributed by atoms with Crippen molar-refractivity contribution >= 4 is 23.2 Å². The van der Waals surface area contributed by atoms with E-state index < -0.39 is 0 Å². The van der Waals surface area contributed by atoms with Crippen LogP contribution in [0.4, 0.5) is 0 Å². The van der Waals surface area contributed by atoms with Crippen LogP contribution in [0.3, 0.4) is 0 Å². The lowest BCUT2D eigenvalue weighted by Crippen LogP contribution is -2.25. The van der Waals surface area contributed by atoms with E-state index in [1.807, 2.05) is 43.3 Å². The second kappa shape index (κ2) is 9.23. The molecular weight excluding hydrogens is 336 g/mol. The van der Waals surface area contributed by atoms with Gasteiger partial charge in [-0.1, -0.05) is 49.7 Å². The predicted octanol–water partition coefficient (Wildman–Crippen LogP) is 4.77. The van der Waals surface area contributed by atoms with Crippen LogP contribution in [0.25, 0.3) is 0 Å². The second-order valence-electron chi connectivity index (χ2n) is 5.91. The molecule has 0 aliphatic carbocycles. The fourth-order valence-electron chi connectivity index (χ4n) is 2.21. The van der Waals surface area contributed by atoms with Crippen molar-refractivity contribution in [1.82, 2.24) is 5.43 Å². The first kappa shape index (κ1) is 19.0. The number of nitrogens with one attached hydrogen (secondary N) is 1. The van der Waals surface area contributed by atoms with E-state index >= 15 is 0 Å². The van der Waals surface area contributed by atoms with Crippen molar-refractivity contribution in [2.24, 2.45) is 5.10 Å². The summed E-state index contributed by atoms with van der Waals surface area (Å²) in [6.45, 7) is 6.08. The summed E-state index contributed by atoms with van der Waals surface area (Å²) in [6, 6.07) is 15.1. The first-order valence-corrected chi connectivity index (χ1v) is 8.69. The summed E-state index contributed by atoms with van der Waals surface area (Å²) < 4.78 is 5.49. The summed E-state index contributed by atoms with van der Waals surface area (Å²) in [5.41, 5.74) is 5.35. The topological polar surface area (TPSA) is 50.7 Å². The van der Waals surface area contributed by atoms with E-state index in [-0.39, 0.29) is 12.5 Å². The molecule has 2 aromatic carbocycles. The zero-order valence-corrected chi connectivity index (χ0v) is 15.5. The molecule has 0 bridgehead atoms. The lowest BCUT2D eigenvalue weighted by Gasteiger charge is -2.10. The van der Waals surface area contributed by atoms with E-state index in [9.17, 15) is 4.79 Å². The van der Waals surface area contributed by atoms with Crippen molar-refractivity contribution < 1.29 is 9.53 Å². The van der Waals surface area contributed by atoms with Crippen LogP contribution in [0.15, 0.2) is 53.6 Å². The molecule has 1 unspecified atom stereocenters. The van der Waals surface area contributed by atoms with Crippen LogP contribution in [0.1, 0.15) is 44.2 Å². The Hall–Kier alpha value is -2.33. The van der Waals surface area contributed by atoms with Crippen LogP contribution in [0.5, 0.6) is 5.75 Å². The summed E-state index contributed by atoms with van der Waals surface area (Å²) >= 11 is 5.85. The van der Waals surface area contributed by atoms with Crippen molar-refractivity contribution in [3.63, 3.8) is 0 Å². The van der Waals surface area contributed by atoms with Gasteiger partial charge in [-0.2, -0.15) is 5.10 Å². The molecule has 2 rings (SSSR count). The van der Waals surface area contributed by atoms with E-state index in [1.54, 1.807) is 12.1 Å². The number of hydrogen-bond acceptors (Lipinski definition) is 3. The number of amides is 1. The van der Waals surface area contributed by atoms with Crippen molar-refractivity contribution in [3.8, 4) is 5.75 Å². The SMILES string of the molecule is CCC(C)c1ccc(OCC(=O)N/N=C(\C)c2ccc(Cl)cc2)cc1. The first-order valence-electron chi connectivity index (χ1n) is 8.31. The molecule has 132 valence electrons. The summed E-state index contributed by atoms with van der Waals surface area (Å²) in [6.07, 6.45) is 1.09. The quantitative estimate of drug-likeness (QED) is 0.572. The Balaban J connectivity index is 1.84. The maximum Gasteiger partial charge on any atom is 0.277 e. The highest BCUT2D eigenvalue weighted by atomic mass is 35.5. The van der Waals surface area contributed by atoms with Crippen LogP contribution < -0.4 is 10.2 Å². The minimum atomic E-state index is -0.306. The number of rotatable bonds is 7. The minimum Gasteiger partial charge on any atom is -0.484 e. The maximum atomic E-state index is 11.9. The Labute approximate surface area is 153 Å². The van der Waals surface area contributed by atoms with Gasteiger partial charge in [-0.15, -0.1) is 0 Å². The fourth-order valence-corrected chi connectivity index (χ4v) is 2.34. The number of carbonyl (C=O) groups excluding carboxylic acids is 1. The third-order valence-electron chi connectivity index (χ3n) is 4.04. The molecule has 0 saturated carbocycles. The maximum absolute atomic E-state index is 11.9. The smallest absolute Gasteiger partial charge is 0.277 e. The van der Waals surface area contributed by atoms with Crippen molar-refractivity contribution in [2.75, 3.05) is 6.61 Å². The van der Waals surface area contributed by atoms with Gasteiger partial charge in [-0.05, 0) is 54.7 Å². The molecule has 0 aliphatic rings. The van der Waals surface area contributed by atoms with Crippen LogP contribution in [-0.2, 0) is 4.79 Å². The van der Waals surface area contributed by atoms with Gasteiger partial charge in [-0.25, -0.2) is 5.43 Å². The molecule has 1 N–H and O–H groups in total. The number of carbonyl (C=O) groups is 1. The number of halogens is 1. The van der Waals surface area contributed by atoms with Crippen LogP contribution in [-0.4, -0.2) is 18.2 Å². The second-order valence-corrected chi connectivity index (χ2v) is 6.34. The van der Waals surface area contributed by atoms with Gasteiger partial charge in [-0.3, -0.25) is 4.79 Å². The van der Waals surface area contributed by atoms with Crippen LogP contribution in [0, 0.1) is 0 Å². The molecule has 0 aromatic heterocycles. The van der Waals surface area contributed by atoms with Crippen molar-refractivity contribution in [3.05, 3.63) is 64.7 Å². The molecule has 0 heterocycles. The lowest BCUT2D eigenvalue weighted by molar-refractivity contribution is -0.123. The van der Waals surface area contributed by atoms with Gasteiger partial charge in [0.05, 0.1) is 5.71 Å². The molecule has 0 saturated heterocycles. The van der Waals surface area contributed by atoms with Gasteiger partial charge in [0, 0.05) is 5.02 Å². The zero-order chi connectivity index (χ0) is 18.2. The van der Waals surface area contributed by atoms with E-state index in [0.717, 1.165) is 12.0 Å². The summed E-state index contributed by atoms with van der Waals surface area (Å²) in [5, 5.41) is 4.74. The number of ether oxygens (including phenoxy) is 1. The number of nitrogens with zero attached hydrogens (tertiary/aromatic N) is 1. The van der Waals surface area contributed by atoms with E-state index in [0.29, 0.717) is 22.4 Å². The minimum absolute atomic E-state index is 0.0833. The highest BCUT2D eigenvalue weighted by Gasteiger charge is 2.05. The van der Waals surface area contributed by atoms with Gasteiger partial charge in [0.15, 0.2) is 6.61 Å². The Kier molecular flexibility index (Phi) is 7.02. The average molecular weight is 359 g/mol. The molecule has 0 fully saturated rings. The number of hydrogen-bond donors (Lipinski definition) is 1. The molecule has 5 heteroatoms. The molecular formula is C20H23ClN2O2. The third-order valence-corrected chi connectivity index (χ3v) is 4.29. The van der Waals surface area contributed by atoms with E-state index in [1.165, 1.54) is 5.56 Å². The highest BCUT2D eigenvalue weighted by molar-refractivity contribution is 6.30. The molecule has 4 nitrogen and oxygen atoms in total. The van der Waals surface area contributed by atoms with Crippen LogP contribution in [0.2, 0.25) is 5.02 Å². The Morgan fingerprint density at radius 1 is 1.16 bits per heavy atom. The third kappa shape index (κ3) is 5.91. The van der Waals surface area contributed by atoms with Crippen molar-refractivity contribution in [2.45, 2.75) is 33.1 Å². The number of hydrazone groups is 1. The molecule has 1 atom stereocenters. The fraction of sp³-hybridized carbons (Fsp3) is 0.300. The van der Waals surface area contributed by atoms with Gasteiger partial charge >= 0.3 is 0 Å². The molecule has 0 spiro atoms. The summed E-state index contributed by atoms with van der Waals surface area (Å²) in [7, 11) is 0. The summed E-state index contributed by atoms with van der Waals surface area (Å²) in [4.78, 5) is 11.9. The Bertz CT molecular complexity index is 724. The van der Waals surface area contributed by atoms with Crippen molar-refractivity contribution in [1.29, 1.82) is 0 Å². The van der Waals surface area contributed by atoms with Gasteiger partial charge in [0.2, 0.25) is 0 Å². The van der Waals surface area contributed by atoms with Gasteiger partial charge in [0.25, 0.3) is 5.91 Å². The van der Waals surface area contributed by atoms with E-state index in [2.05, 4.69) is 24.4 Å². The molecule has 0 aliphatic heterocycles. The largest absolute Gasteiger partial charge is 0.484 e. The molecule has 1 amide bonds. The first-order chi connectivity index (χ1) is 12.0. The zero-order valence-electron chi connectivity index (χ0n) is 14.8. The summed E-state index contributed by atoms with van der Waals surface area (Å²) in [5.74, 6) is 0.877. The highest BCUT2D eigenvalue weighted by Crippen LogP contribution is 2.21. The Morgan fingerprint density at radius 3 is 2.40 bits per heavy atom. The standard InChI is InChI=1S/C20H23ClN2O2/c1-4-14(2)16-7-11-19(12-8-16)25-13-20(24)23-22-15(3)17-5-9-18(21)10-6-17/h5-12,14H,4,13H2,1-3H3,(H,23,24)/b22-15+. The Morgan fingerprint density at radius 2 is 1.80 bits per heavy atom. The van der Waals surface area contributed by atoms with Crippen LogP contribution >= 0.6 is 11.6 Å². The normalized spacial score (nSPS) is 12.6. The molecule has 0 radical (unpaired) electrons.